The molecule has 0 radical (unpaired) electrons. The van der Waals surface area contributed by atoms with Crippen LogP contribution in [0.4, 0.5) is 22.0 Å². The van der Waals surface area contributed by atoms with Crippen molar-refractivity contribution in [3.8, 4) is 0 Å². The lowest BCUT2D eigenvalue weighted by molar-refractivity contribution is -0.291. The highest BCUT2D eigenvalue weighted by Gasteiger charge is 2.63. The molecule has 0 amide bonds. The number of aromatic nitrogens is 3. The number of rotatable bonds is 2. The molecule has 1 heterocycles. The fourth-order valence-electron chi connectivity index (χ4n) is 1.16. The minimum atomic E-state index is -5.85. The van der Waals surface area contributed by atoms with Crippen molar-refractivity contribution in [2.75, 3.05) is 0 Å². The van der Waals surface area contributed by atoms with Crippen LogP contribution in [0.3, 0.4) is 0 Å². The molecule has 0 spiro atoms. The van der Waals surface area contributed by atoms with Crippen molar-refractivity contribution in [2.24, 2.45) is 0 Å². The van der Waals surface area contributed by atoms with E-state index in [2.05, 4.69) is 10.3 Å². The lowest BCUT2D eigenvalue weighted by Gasteiger charge is -2.21. The zero-order valence-corrected chi connectivity index (χ0v) is 10.8. The molecule has 3 nitrogen and oxygen atoms in total. The van der Waals surface area contributed by atoms with Crippen molar-refractivity contribution < 1.29 is 22.0 Å². The van der Waals surface area contributed by atoms with Crippen molar-refractivity contribution in [2.45, 2.75) is 29.4 Å². The van der Waals surface area contributed by atoms with Gasteiger partial charge in [-0.15, -0.1) is 5.10 Å². The summed E-state index contributed by atoms with van der Waals surface area (Å²) in [5.41, 5.74) is -2.62. The predicted molar refractivity (Wildman–Crippen MR) is 54.9 cm³/mol. The first-order chi connectivity index (χ1) is 7.93. The lowest BCUT2D eigenvalue weighted by Crippen LogP contribution is -2.36. The van der Waals surface area contributed by atoms with Gasteiger partial charge in [0.25, 0.3) is 0 Å². The summed E-state index contributed by atoms with van der Waals surface area (Å²) in [6.07, 6.45) is -5.85. The zero-order chi connectivity index (χ0) is 14.4. The normalized spacial score (nSPS) is 14.1. The molecule has 104 valence electrons. The molecule has 0 bridgehead atoms. The third kappa shape index (κ3) is 2.65. The SMILES string of the molecule is CCn1nnc(C(F)(F)C(F)(F)F)c1C(Cl)(Cl)Cl. The van der Waals surface area contributed by atoms with Gasteiger partial charge in [-0.2, -0.15) is 22.0 Å². The highest BCUT2D eigenvalue weighted by atomic mass is 35.6. The molecule has 0 aliphatic rings. The molecule has 1 rings (SSSR count). The van der Waals surface area contributed by atoms with Gasteiger partial charge in [-0.1, -0.05) is 40.0 Å². The van der Waals surface area contributed by atoms with Crippen LogP contribution in [0.25, 0.3) is 0 Å². The van der Waals surface area contributed by atoms with Gasteiger partial charge in [0.15, 0.2) is 5.69 Å². The molecule has 18 heavy (non-hydrogen) atoms. The van der Waals surface area contributed by atoms with E-state index in [0.717, 1.165) is 0 Å². The van der Waals surface area contributed by atoms with Gasteiger partial charge < -0.3 is 0 Å². The van der Waals surface area contributed by atoms with E-state index in [4.69, 9.17) is 34.8 Å². The Morgan fingerprint density at radius 1 is 1.11 bits per heavy atom. The number of halogens is 8. The monoisotopic (exact) mass is 331 g/mol. The summed E-state index contributed by atoms with van der Waals surface area (Å²) >= 11 is 16.1. The predicted octanol–water partition coefficient (Wildman–Crippen LogP) is 3.78. The molecule has 1 aromatic rings. The Bertz CT molecular complexity index is 437. The summed E-state index contributed by atoms with van der Waals surface area (Å²) in [4.78, 5) is 0. The van der Waals surface area contributed by atoms with Crippen LogP contribution in [-0.4, -0.2) is 21.2 Å². The molecule has 11 heteroatoms. The van der Waals surface area contributed by atoms with E-state index in [0.29, 0.717) is 4.68 Å². The fourth-order valence-corrected chi connectivity index (χ4v) is 1.72. The van der Waals surface area contributed by atoms with E-state index in [1.807, 2.05) is 0 Å². The summed E-state index contributed by atoms with van der Waals surface area (Å²) in [6, 6.07) is 0. The van der Waals surface area contributed by atoms with Gasteiger partial charge in [0.2, 0.25) is 3.79 Å². The quantitative estimate of drug-likeness (QED) is 0.609. The Morgan fingerprint density at radius 3 is 1.94 bits per heavy atom. The van der Waals surface area contributed by atoms with Crippen molar-refractivity contribution in [3.63, 3.8) is 0 Å². The topological polar surface area (TPSA) is 30.7 Å². The molecule has 0 aliphatic carbocycles. The van der Waals surface area contributed by atoms with E-state index < -0.39 is 27.3 Å². The van der Waals surface area contributed by atoms with E-state index in [9.17, 15) is 22.0 Å². The highest BCUT2D eigenvalue weighted by molar-refractivity contribution is 6.66. The van der Waals surface area contributed by atoms with Crippen LogP contribution in [0.1, 0.15) is 18.3 Å². The van der Waals surface area contributed by atoms with Crippen molar-refractivity contribution >= 4 is 34.8 Å². The Hall–Kier alpha value is -0.340. The number of alkyl halides is 8. The van der Waals surface area contributed by atoms with Crippen molar-refractivity contribution in [3.05, 3.63) is 11.4 Å². The van der Waals surface area contributed by atoms with Crippen LogP contribution in [-0.2, 0) is 16.3 Å². The summed E-state index contributed by atoms with van der Waals surface area (Å²) in [6.45, 7) is 1.34. The van der Waals surface area contributed by atoms with Gasteiger partial charge in [0.05, 0.1) is 0 Å². The third-order valence-electron chi connectivity index (χ3n) is 1.96. The summed E-state index contributed by atoms with van der Waals surface area (Å²) in [5, 5.41) is 5.90. The molecular weight excluding hydrogens is 327 g/mol. The van der Waals surface area contributed by atoms with Gasteiger partial charge in [-0.05, 0) is 6.92 Å². The molecule has 0 fully saturated rings. The Kier molecular flexibility index (Phi) is 4.06. The largest absolute Gasteiger partial charge is 0.459 e. The van der Waals surface area contributed by atoms with E-state index >= 15 is 0 Å². The number of hydrogen-bond acceptors (Lipinski definition) is 2. The van der Waals surface area contributed by atoms with Crippen LogP contribution in [0.2, 0.25) is 0 Å². The molecule has 0 saturated heterocycles. The number of hydrogen-bond donors (Lipinski definition) is 0. The average Bonchev–Trinajstić information content (AvgIpc) is 2.58. The minimum absolute atomic E-state index is 0.0792. The molecule has 1 aromatic heterocycles. The molecule has 0 aromatic carbocycles. The second-order valence-electron chi connectivity index (χ2n) is 3.17. The third-order valence-corrected chi connectivity index (χ3v) is 2.49. The average molecular weight is 332 g/mol. The fraction of sp³-hybridized carbons (Fsp3) is 0.714. The number of aryl methyl sites for hydroxylation is 1. The van der Waals surface area contributed by atoms with Gasteiger partial charge >= 0.3 is 12.1 Å². The van der Waals surface area contributed by atoms with Crippen LogP contribution >= 0.6 is 34.8 Å². The smallest absolute Gasteiger partial charge is 0.245 e. The molecule has 0 atom stereocenters. The molecule has 0 N–H and O–H groups in total. The summed E-state index contributed by atoms with van der Waals surface area (Å²) in [5.74, 6) is -5.25. The Balaban J connectivity index is 3.48. The number of nitrogens with zero attached hydrogens (tertiary/aromatic N) is 3. The van der Waals surface area contributed by atoms with Crippen molar-refractivity contribution in [1.82, 2.24) is 15.0 Å². The molecule has 0 aliphatic heterocycles. The summed E-state index contributed by atoms with van der Waals surface area (Å²) < 4.78 is 61.3. The standard InChI is InChI=1S/C7H5Cl3F5N3/c1-2-18-4(6(8,9)10)3(16-17-18)5(11,12)7(13,14)15/h2H2,1H3. The Morgan fingerprint density at radius 2 is 1.61 bits per heavy atom. The van der Waals surface area contributed by atoms with Crippen LogP contribution in [0, 0.1) is 0 Å². The van der Waals surface area contributed by atoms with Crippen LogP contribution < -0.4 is 0 Å². The lowest BCUT2D eigenvalue weighted by atomic mass is 10.2. The van der Waals surface area contributed by atoms with Gasteiger partial charge in [0.1, 0.15) is 5.69 Å². The first kappa shape index (κ1) is 15.7. The van der Waals surface area contributed by atoms with E-state index in [1.165, 1.54) is 6.92 Å². The second kappa shape index (κ2) is 4.64. The minimum Gasteiger partial charge on any atom is -0.245 e. The van der Waals surface area contributed by atoms with E-state index in [-0.39, 0.29) is 6.54 Å². The van der Waals surface area contributed by atoms with Gasteiger partial charge in [-0.3, -0.25) is 0 Å². The molecule has 0 saturated carbocycles. The van der Waals surface area contributed by atoms with Crippen LogP contribution in [0.15, 0.2) is 0 Å². The van der Waals surface area contributed by atoms with E-state index in [1.54, 1.807) is 0 Å². The summed E-state index contributed by atoms with van der Waals surface area (Å²) in [7, 11) is 0. The maximum absolute atomic E-state index is 13.2. The second-order valence-corrected chi connectivity index (χ2v) is 5.45. The first-order valence-electron chi connectivity index (χ1n) is 4.38. The maximum atomic E-state index is 13.2. The van der Waals surface area contributed by atoms with Gasteiger partial charge in [0, 0.05) is 6.54 Å². The maximum Gasteiger partial charge on any atom is 0.459 e. The van der Waals surface area contributed by atoms with Crippen LogP contribution in [0.5, 0.6) is 0 Å². The highest BCUT2D eigenvalue weighted by Crippen LogP contribution is 2.49. The van der Waals surface area contributed by atoms with Gasteiger partial charge in [-0.25, -0.2) is 4.68 Å². The van der Waals surface area contributed by atoms with Crippen molar-refractivity contribution in [1.29, 1.82) is 0 Å². The zero-order valence-electron chi connectivity index (χ0n) is 8.57. The Labute approximate surface area is 113 Å². The molecule has 0 unspecified atom stereocenters. The first-order valence-corrected chi connectivity index (χ1v) is 5.52. The molecular formula is C7H5Cl3F5N3.